The number of rotatable bonds is 5. The predicted molar refractivity (Wildman–Crippen MR) is 103 cm³/mol. The lowest BCUT2D eigenvalue weighted by atomic mass is 10.0. The highest BCUT2D eigenvalue weighted by Crippen LogP contribution is 2.29. The standard InChI is InChI=1S/C19H20FN5O3/c1-11(26)23-9-15-10-25(19(27)28-15)14-6-7-16(17(20)8-14)12-2-4-13(5-3-12)18(21)24-22/h2-8,15H,9-10,22H2,1H3,(H2,21,24)(H,23,26). The van der Waals surface area contributed by atoms with Gasteiger partial charge in [0, 0.05) is 18.1 Å². The smallest absolute Gasteiger partial charge is 0.414 e. The summed E-state index contributed by atoms with van der Waals surface area (Å²) in [4.78, 5) is 24.4. The fourth-order valence-corrected chi connectivity index (χ4v) is 2.90. The molecule has 3 rings (SSSR count). The molecule has 1 heterocycles. The molecule has 146 valence electrons. The number of amides is 2. The van der Waals surface area contributed by atoms with E-state index in [9.17, 15) is 14.0 Å². The Morgan fingerprint density at radius 3 is 2.64 bits per heavy atom. The number of nitrogens with one attached hydrogen (secondary N) is 1. The first-order valence-electron chi connectivity index (χ1n) is 8.55. The molecule has 0 saturated carbocycles. The van der Waals surface area contributed by atoms with Crippen molar-refractivity contribution in [1.82, 2.24) is 5.32 Å². The van der Waals surface area contributed by atoms with Gasteiger partial charge in [0.1, 0.15) is 17.8 Å². The summed E-state index contributed by atoms with van der Waals surface area (Å²) in [5, 5.41) is 6.01. The Morgan fingerprint density at radius 2 is 2.04 bits per heavy atom. The molecule has 1 fully saturated rings. The Bertz CT molecular complexity index is 930. The van der Waals surface area contributed by atoms with Gasteiger partial charge in [0.25, 0.3) is 0 Å². The van der Waals surface area contributed by atoms with Crippen LogP contribution in [0.25, 0.3) is 11.1 Å². The number of hydrazone groups is 1. The first-order valence-corrected chi connectivity index (χ1v) is 8.55. The topological polar surface area (TPSA) is 123 Å². The molecule has 5 N–H and O–H groups in total. The minimum Gasteiger partial charge on any atom is -0.442 e. The number of nitrogens with zero attached hydrogens (tertiary/aromatic N) is 2. The minimum atomic E-state index is -0.580. The Morgan fingerprint density at radius 1 is 1.32 bits per heavy atom. The second-order valence-corrected chi connectivity index (χ2v) is 6.31. The maximum Gasteiger partial charge on any atom is 0.414 e. The summed E-state index contributed by atoms with van der Waals surface area (Å²) < 4.78 is 19.9. The van der Waals surface area contributed by atoms with E-state index in [0.717, 1.165) is 0 Å². The number of benzene rings is 2. The van der Waals surface area contributed by atoms with Crippen LogP contribution in [-0.2, 0) is 9.53 Å². The number of anilines is 1. The van der Waals surface area contributed by atoms with E-state index >= 15 is 0 Å². The van der Waals surface area contributed by atoms with Gasteiger partial charge in [0.15, 0.2) is 0 Å². The number of nitrogens with two attached hydrogens (primary N) is 2. The van der Waals surface area contributed by atoms with Crippen molar-refractivity contribution in [2.45, 2.75) is 13.0 Å². The van der Waals surface area contributed by atoms with E-state index in [0.29, 0.717) is 22.4 Å². The Balaban J connectivity index is 1.77. The van der Waals surface area contributed by atoms with E-state index in [1.54, 1.807) is 36.4 Å². The molecule has 1 saturated heterocycles. The van der Waals surface area contributed by atoms with Crippen LogP contribution < -0.4 is 21.8 Å². The van der Waals surface area contributed by atoms with Crippen LogP contribution in [-0.4, -0.2) is 37.0 Å². The van der Waals surface area contributed by atoms with Crippen molar-refractivity contribution in [3.05, 3.63) is 53.8 Å². The third kappa shape index (κ3) is 4.03. The van der Waals surface area contributed by atoms with Crippen molar-refractivity contribution in [2.24, 2.45) is 16.7 Å². The van der Waals surface area contributed by atoms with E-state index < -0.39 is 18.0 Å². The van der Waals surface area contributed by atoms with Crippen molar-refractivity contribution in [3.63, 3.8) is 0 Å². The molecule has 0 bridgehead atoms. The fourth-order valence-electron chi connectivity index (χ4n) is 2.90. The van der Waals surface area contributed by atoms with Crippen molar-refractivity contribution < 1.29 is 18.7 Å². The molecule has 1 atom stereocenters. The number of hydrogen-bond donors (Lipinski definition) is 3. The Hall–Kier alpha value is -3.62. The number of amidine groups is 1. The highest BCUT2D eigenvalue weighted by molar-refractivity contribution is 5.97. The van der Waals surface area contributed by atoms with Gasteiger partial charge in [-0.1, -0.05) is 24.3 Å². The second kappa shape index (κ2) is 7.95. The van der Waals surface area contributed by atoms with Crippen LogP contribution in [0.5, 0.6) is 0 Å². The zero-order valence-corrected chi connectivity index (χ0v) is 15.2. The number of hydrogen-bond acceptors (Lipinski definition) is 5. The molecule has 1 aliphatic heterocycles. The molecule has 28 heavy (non-hydrogen) atoms. The molecular weight excluding hydrogens is 365 g/mol. The quantitative estimate of drug-likeness (QED) is 0.312. The van der Waals surface area contributed by atoms with Crippen molar-refractivity contribution in [3.8, 4) is 11.1 Å². The number of carbonyl (C=O) groups is 2. The lowest BCUT2D eigenvalue weighted by Crippen LogP contribution is -2.33. The number of carbonyl (C=O) groups excluding carboxylic acids is 2. The van der Waals surface area contributed by atoms with E-state index in [1.165, 1.54) is 17.9 Å². The molecule has 8 nitrogen and oxygen atoms in total. The van der Waals surface area contributed by atoms with Gasteiger partial charge in [-0.05, 0) is 23.8 Å². The van der Waals surface area contributed by atoms with Crippen LogP contribution in [0, 0.1) is 5.82 Å². The Kier molecular flexibility index (Phi) is 5.44. The fraction of sp³-hybridized carbons (Fsp3) is 0.211. The monoisotopic (exact) mass is 385 g/mol. The van der Waals surface area contributed by atoms with Gasteiger partial charge in [0.2, 0.25) is 5.91 Å². The zero-order chi connectivity index (χ0) is 20.3. The van der Waals surface area contributed by atoms with Crippen LogP contribution in [0.3, 0.4) is 0 Å². The van der Waals surface area contributed by atoms with Crippen LogP contribution in [0.4, 0.5) is 14.9 Å². The van der Waals surface area contributed by atoms with Crippen LogP contribution in [0.2, 0.25) is 0 Å². The van der Waals surface area contributed by atoms with Gasteiger partial charge in [-0.15, -0.1) is 0 Å². The highest BCUT2D eigenvalue weighted by atomic mass is 19.1. The van der Waals surface area contributed by atoms with Crippen LogP contribution in [0.15, 0.2) is 47.6 Å². The molecule has 9 heteroatoms. The summed E-state index contributed by atoms with van der Waals surface area (Å²) in [5.41, 5.74) is 7.68. The zero-order valence-electron chi connectivity index (χ0n) is 15.2. The van der Waals surface area contributed by atoms with Crippen molar-refractivity contribution >= 4 is 23.5 Å². The van der Waals surface area contributed by atoms with Crippen LogP contribution in [0.1, 0.15) is 12.5 Å². The molecule has 0 aromatic heterocycles. The first kappa shape index (κ1) is 19.2. The van der Waals surface area contributed by atoms with E-state index in [-0.39, 0.29) is 24.8 Å². The molecular formula is C19H20FN5O3. The number of ether oxygens (including phenoxy) is 1. The second-order valence-electron chi connectivity index (χ2n) is 6.31. The van der Waals surface area contributed by atoms with E-state index in [1.807, 2.05) is 0 Å². The third-order valence-corrected chi connectivity index (χ3v) is 4.35. The normalized spacial score (nSPS) is 16.8. The summed E-state index contributed by atoms with van der Waals surface area (Å²) >= 11 is 0. The lowest BCUT2D eigenvalue weighted by Gasteiger charge is -2.14. The molecule has 2 amide bonds. The molecule has 2 aromatic rings. The lowest BCUT2D eigenvalue weighted by molar-refractivity contribution is -0.119. The van der Waals surface area contributed by atoms with Crippen molar-refractivity contribution in [1.29, 1.82) is 0 Å². The van der Waals surface area contributed by atoms with Gasteiger partial charge in [-0.3, -0.25) is 9.69 Å². The molecule has 0 radical (unpaired) electrons. The number of halogens is 1. The van der Waals surface area contributed by atoms with Gasteiger partial charge in [0.05, 0.1) is 18.8 Å². The molecule has 2 aromatic carbocycles. The van der Waals surface area contributed by atoms with Crippen molar-refractivity contribution in [2.75, 3.05) is 18.0 Å². The summed E-state index contributed by atoms with van der Waals surface area (Å²) in [6, 6.07) is 11.3. The molecule has 1 aliphatic rings. The third-order valence-electron chi connectivity index (χ3n) is 4.35. The predicted octanol–water partition coefficient (Wildman–Crippen LogP) is 1.53. The molecule has 1 unspecified atom stereocenters. The minimum absolute atomic E-state index is 0.184. The summed E-state index contributed by atoms with van der Waals surface area (Å²) in [6.07, 6.45) is -1.07. The maximum absolute atomic E-state index is 14.7. The summed E-state index contributed by atoms with van der Waals surface area (Å²) in [6.45, 7) is 1.82. The van der Waals surface area contributed by atoms with Gasteiger partial charge >= 0.3 is 6.09 Å². The molecule has 0 aliphatic carbocycles. The average molecular weight is 385 g/mol. The van der Waals surface area contributed by atoms with Gasteiger partial charge in [-0.2, -0.15) is 5.10 Å². The average Bonchev–Trinajstić information content (AvgIpc) is 3.06. The number of cyclic esters (lactones) is 1. The highest BCUT2D eigenvalue weighted by Gasteiger charge is 2.32. The largest absolute Gasteiger partial charge is 0.442 e. The van der Waals surface area contributed by atoms with E-state index in [4.69, 9.17) is 16.3 Å². The maximum atomic E-state index is 14.7. The first-order chi connectivity index (χ1) is 13.4. The van der Waals surface area contributed by atoms with Gasteiger partial charge < -0.3 is 21.6 Å². The Labute approximate surface area is 160 Å². The summed E-state index contributed by atoms with van der Waals surface area (Å²) in [5.74, 6) is 4.64. The van der Waals surface area contributed by atoms with Gasteiger partial charge in [-0.25, -0.2) is 9.18 Å². The SMILES string of the molecule is CC(=O)NCC1CN(c2ccc(-c3ccc(/C(N)=N/N)cc3)c(F)c2)C(=O)O1. The van der Waals surface area contributed by atoms with E-state index in [2.05, 4.69) is 10.4 Å². The van der Waals surface area contributed by atoms with Crippen LogP contribution >= 0.6 is 0 Å². The molecule has 0 spiro atoms. The summed E-state index contributed by atoms with van der Waals surface area (Å²) in [7, 11) is 0.